The van der Waals surface area contributed by atoms with Crippen LogP contribution in [0.3, 0.4) is 0 Å². The van der Waals surface area contributed by atoms with Crippen molar-refractivity contribution in [1.82, 2.24) is 9.80 Å². The van der Waals surface area contributed by atoms with Crippen LogP contribution in [-0.2, 0) is 4.79 Å². The Balaban J connectivity index is 3.05. The van der Waals surface area contributed by atoms with E-state index in [-0.39, 0.29) is 6.17 Å². The number of carbonyl (C=O) groups is 1. The molecule has 1 aliphatic heterocycles. The highest BCUT2D eigenvalue weighted by atomic mass is 16.4. The van der Waals surface area contributed by atoms with Gasteiger partial charge in [-0.3, -0.25) is 0 Å². The topological polar surface area (TPSA) is 43.8 Å². The Kier molecular flexibility index (Phi) is 2.50. The predicted octanol–water partition coefficient (Wildman–Crippen LogP) is 0.916. The number of aliphatic carboxylic acids is 1. The molecule has 74 valence electrons. The Hall–Kier alpha value is -1.19. The van der Waals surface area contributed by atoms with Crippen molar-refractivity contribution in [1.29, 1.82) is 0 Å². The summed E-state index contributed by atoms with van der Waals surface area (Å²) < 4.78 is 0. The number of allylic oxidation sites excluding steroid dienone is 1. The Morgan fingerprint density at radius 1 is 1.62 bits per heavy atom. The van der Waals surface area contributed by atoms with E-state index >= 15 is 0 Å². The molecule has 0 saturated carbocycles. The number of hydrogen-bond donors (Lipinski definition) is 1. The number of rotatable bonds is 2. The second kappa shape index (κ2) is 3.28. The van der Waals surface area contributed by atoms with Gasteiger partial charge in [0.1, 0.15) is 5.70 Å². The third-order valence-corrected chi connectivity index (χ3v) is 2.71. The lowest BCUT2D eigenvalue weighted by Crippen LogP contribution is -2.36. The van der Waals surface area contributed by atoms with E-state index in [9.17, 15) is 4.79 Å². The lowest BCUT2D eigenvalue weighted by atomic mass is 10.3. The third kappa shape index (κ3) is 1.36. The molecule has 0 aromatic heterocycles. The van der Waals surface area contributed by atoms with Crippen LogP contribution in [0.5, 0.6) is 0 Å². The third-order valence-electron chi connectivity index (χ3n) is 2.71. The molecule has 1 N–H and O–H groups in total. The highest BCUT2D eigenvalue weighted by molar-refractivity contribution is 5.87. The highest BCUT2D eigenvalue weighted by Gasteiger charge is 2.33. The average Bonchev–Trinajstić information content (AvgIpc) is 2.29. The molecule has 0 aromatic rings. The second-order valence-electron chi connectivity index (χ2n) is 3.27. The minimum absolute atomic E-state index is 0.149. The molecule has 1 atom stereocenters. The summed E-state index contributed by atoms with van der Waals surface area (Å²) >= 11 is 0. The van der Waals surface area contributed by atoms with Gasteiger partial charge in [0, 0.05) is 19.3 Å². The number of likely N-dealkylation sites (N-methyl/N-ethyl adjacent to an activating group) is 1. The van der Waals surface area contributed by atoms with Gasteiger partial charge in [0.25, 0.3) is 0 Å². The monoisotopic (exact) mass is 184 g/mol. The van der Waals surface area contributed by atoms with Crippen molar-refractivity contribution >= 4 is 5.97 Å². The van der Waals surface area contributed by atoms with Crippen LogP contribution in [0.25, 0.3) is 0 Å². The summed E-state index contributed by atoms with van der Waals surface area (Å²) in [6.45, 7) is 6.54. The van der Waals surface area contributed by atoms with E-state index in [1.165, 1.54) is 0 Å². The first-order chi connectivity index (χ1) is 6.00. The van der Waals surface area contributed by atoms with Crippen LogP contribution < -0.4 is 0 Å². The summed E-state index contributed by atoms with van der Waals surface area (Å²) in [4.78, 5) is 14.8. The van der Waals surface area contributed by atoms with E-state index < -0.39 is 5.97 Å². The first-order valence-corrected chi connectivity index (χ1v) is 4.44. The first kappa shape index (κ1) is 9.89. The van der Waals surface area contributed by atoms with Gasteiger partial charge < -0.3 is 14.9 Å². The van der Waals surface area contributed by atoms with Crippen molar-refractivity contribution in [3.05, 3.63) is 11.4 Å². The quantitative estimate of drug-likeness (QED) is 0.693. The van der Waals surface area contributed by atoms with Gasteiger partial charge in [-0.25, -0.2) is 4.79 Å². The molecule has 1 rings (SSSR count). The summed E-state index contributed by atoms with van der Waals surface area (Å²) in [5.74, 6) is -0.837. The highest BCUT2D eigenvalue weighted by Crippen LogP contribution is 2.26. The summed E-state index contributed by atoms with van der Waals surface area (Å²) in [5, 5.41) is 8.99. The van der Waals surface area contributed by atoms with Crippen molar-refractivity contribution in [3.63, 3.8) is 0 Å². The molecule has 13 heavy (non-hydrogen) atoms. The van der Waals surface area contributed by atoms with Crippen molar-refractivity contribution in [2.75, 3.05) is 13.6 Å². The molecule has 0 bridgehead atoms. The largest absolute Gasteiger partial charge is 0.477 e. The van der Waals surface area contributed by atoms with Gasteiger partial charge in [-0.1, -0.05) is 0 Å². The summed E-state index contributed by atoms with van der Waals surface area (Å²) in [5.41, 5.74) is 1.26. The molecule has 0 radical (unpaired) electrons. The van der Waals surface area contributed by atoms with Crippen molar-refractivity contribution in [2.45, 2.75) is 26.9 Å². The average molecular weight is 184 g/mol. The molecular formula is C9H16N2O2. The molecule has 0 spiro atoms. The summed E-state index contributed by atoms with van der Waals surface area (Å²) in [7, 11) is 1.92. The molecule has 0 saturated heterocycles. The van der Waals surface area contributed by atoms with Crippen LogP contribution in [0.15, 0.2) is 11.4 Å². The lowest BCUT2D eigenvalue weighted by Gasteiger charge is -2.27. The minimum atomic E-state index is -0.837. The maximum atomic E-state index is 10.9. The van der Waals surface area contributed by atoms with Crippen LogP contribution >= 0.6 is 0 Å². The Bertz CT molecular complexity index is 260. The van der Waals surface area contributed by atoms with E-state index in [0.717, 1.165) is 12.2 Å². The summed E-state index contributed by atoms with van der Waals surface area (Å²) in [6.07, 6.45) is 0.149. The Morgan fingerprint density at radius 2 is 2.15 bits per heavy atom. The van der Waals surface area contributed by atoms with E-state index in [0.29, 0.717) is 5.70 Å². The van der Waals surface area contributed by atoms with Crippen molar-refractivity contribution in [3.8, 4) is 0 Å². The molecule has 1 aliphatic rings. The van der Waals surface area contributed by atoms with Gasteiger partial charge in [-0.15, -0.1) is 0 Å². The fourth-order valence-corrected chi connectivity index (χ4v) is 1.75. The predicted molar refractivity (Wildman–Crippen MR) is 49.9 cm³/mol. The zero-order valence-electron chi connectivity index (χ0n) is 8.53. The second-order valence-corrected chi connectivity index (χ2v) is 3.27. The van der Waals surface area contributed by atoms with Gasteiger partial charge in [0.2, 0.25) is 0 Å². The zero-order chi connectivity index (χ0) is 10.2. The lowest BCUT2D eigenvalue weighted by molar-refractivity contribution is -0.134. The number of carboxylic acids is 1. The molecular weight excluding hydrogens is 168 g/mol. The molecule has 0 fully saturated rings. The smallest absolute Gasteiger partial charge is 0.354 e. The van der Waals surface area contributed by atoms with Crippen LogP contribution in [0, 0.1) is 0 Å². The number of hydrogen-bond acceptors (Lipinski definition) is 3. The summed E-state index contributed by atoms with van der Waals surface area (Å²) in [6, 6.07) is 0. The van der Waals surface area contributed by atoms with E-state index in [2.05, 4.69) is 0 Å². The van der Waals surface area contributed by atoms with Gasteiger partial charge in [0.05, 0.1) is 6.17 Å². The normalized spacial score (nSPS) is 22.9. The van der Waals surface area contributed by atoms with Gasteiger partial charge in [0.15, 0.2) is 0 Å². The van der Waals surface area contributed by atoms with Crippen molar-refractivity contribution < 1.29 is 9.90 Å². The zero-order valence-corrected chi connectivity index (χ0v) is 8.53. The maximum absolute atomic E-state index is 10.9. The molecule has 0 amide bonds. The Morgan fingerprint density at radius 3 is 2.46 bits per heavy atom. The fourth-order valence-electron chi connectivity index (χ4n) is 1.75. The fraction of sp³-hybridized carbons (Fsp3) is 0.667. The van der Waals surface area contributed by atoms with Crippen LogP contribution in [-0.4, -0.2) is 40.6 Å². The Labute approximate surface area is 78.4 Å². The minimum Gasteiger partial charge on any atom is -0.477 e. The maximum Gasteiger partial charge on any atom is 0.354 e. The van der Waals surface area contributed by atoms with Gasteiger partial charge >= 0.3 is 5.97 Å². The van der Waals surface area contributed by atoms with Gasteiger partial charge in [-0.2, -0.15) is 0 Å². The van der Waals surface area contributed by atoms with Crippen LogP contribution in [0.2, 0.25) is 0 Å². The van der Waals surface area contributed by atoms with Crippen LogP contribution in [0.4, 0.5) is 0 Å². The van der Waals surface area contributed by atoms with Gasteiger partial charge in [-0.05, 0) is 20.8 Å². The molecule has 4 heteroatoms. The molecule has 1 heterocycles. The van der Waals surface area contributed by atoms with Crippen LogP contribution in [0.1, 0.15) is 20.8 Å². The van der Waals surface area contributed by atoms with E-state index in [4.69, 9.17) is 5.11 Å². The first-order valence-electron chi connectivity index (χ1n) is 4.44. The van der Waals surface area contributed by atoms with E-state index in [1.807, 2.05) is 37.6 Å². The molecule has 4 nitrogen and oxygen atoms in total. The van der Waals surface area contributed by atoms with E-state index in [1.54, 1.807) is 0 Å². The molecule has 0 aromatic carbocycles. The number of carboxylic acid groups (broad SMARTS) is 1. The molecule has 1 unspecified atom stereocenters. The SMILES string of the molecule is CCN1C(C(=O)O)=C(C)N(C)C1C. The van der Waals surface area contributed by atoms with Crippen molar-refractivity contribution in [2.24, 2.45) is 0 Å². The molecule has 0 aliphatic carbocycles. The number of nitrogens with zero attached hydrogens (tertiary/aromatic N) is 2. The standard InChI is InChI=1S/C9H16N2O2/c1-5-11-7(3)10(4)6(2)8(11)9(12)13/h7H,5H2,1-4H3,(H,12,13).